The Hall–Kier alpha value is -1.55. The lowest BCUT2D eigenvalue weighted by molar-refractivity contribution is -0.140. The number of piperidine rings is 1. The Labute approximate surface area is 129 Å². The molecule has 0 saturated carbocycles. The summed E-state index contributed by atoms with van der Waals surface area (Å²) in [5.74, 6) is -0.0456. The van der Waals surface area contributed by atoms with Gasteiger partial charge in [-0.2, -0.15) is 0 Å². The summed E-state index contributed by atoms with van der Waals surface area (Å²) in [5.41, 5.74) is 1.13. The number of halogens is 1. The summed E-state index contributed by atoms with van der Waals surface area (Å²) < 4.78 is 0. The molecular formula is C16H19ClN2O2. The molecule has 0 spiro atoms. The van der Waals surface area contributed by atoms with Crippen LogP contribution in [0.3, 0.4) is 0 Å². The number of hydrogen-bond acceptors (Lipinski definition) is 2. The van der Waals surface area contributed by atoms with E-state index in [0.717, 1.165) is 31.4 Å². The highest BCUT2D eigenvalue weighted by Gasteiger charge is 2.35. The van der Waals surface area contributed by atoms with Crippen molar-refractivity contribution in [3.8, 4) is 0 Å². The molecule has 112 valence electrons. The summed E-state index contributed by atoms with van der Waals surface area (Å²) in [5, 5.41) is 3.49. The second-order valence-corrected chi connectivity index (χ2v) is 6.22. The van der Waals surface area contributed by atoms with Crippen LogP contribution in [-0.2, 0) is 9.59 Å². The van der Waals surface area contributed by atoms with Crippen LogP contribution in [0, 0.1) is 5.92 Å². The maximum absolute atomic E-state index is 12.7. The number of nitrogens with zero attached hydrogens (tertiary/aromatic N) is 1. The molecule has 4 nitrogen and oxygen atoms in total. The lowest BCUT2D eigenvalue weighted by Crippen LogP contribution is -2.42. The van der Waals surface area contributed by atoms with Gasteiger partial charge >= 0.3 is 0 Å². The minimum Gasteiger partial charge on any atom is -0.356 e. The molecule has 0 aromatic heterocycles. The highest BCUT2D eigenvalue weighted by molar-refractivity contribution is 6.30. The van der Waals surface area contributed by atoms with Crippen molar-refractivity contribution < 1.29 is 9.59 Å². The van der Waals surface area contributed by atoms with Gasteiger partial charge in [-0.1, -0.05) is 23.7 Å². The van der Waals surface area contributed by atoms with Crippen LogP contribution in [0.15, 0.2) is 24.3 Å². The van der Waals surface area contributed by atoms with E-state index in [9.17, 15) is 9.59 Å². The molecule has 0 aliphatic carbocycles. The predicted octanol–water partition coefficient (Wildman–Crippen LogP) is 2.53. The molecule has 1 N–H and O–H groups in total. The highest BCUT2D eigenvalue weighted by atomic mass is 35.5. The van der Waals surface area contributed by atoms with E-state index in [1.165, 1.54) is 0 Å². The topological polar surface area (TPSA) is 49.4 Å². The van der Waals surface area contributed by atoms with E-state index in [4.69, 9.17) is 11.6 Å². The zero-order chi connectivity index (χ0) is 14.8. The molecule has 21 heavy (non-hydrogen) atoms. The summed E-state index contributed by atoms with van der Waals surface area (Å²) >= 11 is 5.93. The molecule has 2 aliphatic rings. The number of rotatable bonds is 2. The van der Waals surface area contributed by atoms with Gasteiger partial charge in [0.25, 0.3) is 0 Å². The monoisotopic (exact) mass is 306 g/mol. The molecule has 2 fully saturated rings. The zero-order valence-electron chi connectivity index (χ0n) is 11.8. The van der Waals surface area contributed by atoms with E-state index in [-0.39, 0.29) is 23.8 Å². The number of nitrogens with one attached hydrogen (secondary N) is 1. The van der Waals surface area contributed by atoms with Crippen molar-refractivity contribution >= 4 is 23.4 Å². The maximum Gasteiger partial charge on any atom is 0.226 e. The average molecular weight is 307 g/mol. The SMILES string of the molecule is O=C1CC(C(=O)N2CCCC2c2ccc(Cl)cc2)CCN1. The normalized spacial score (nSPS) is 25.8. The fourth-order valence-electron chi connectivity index (χ4n) is 3.29. The second kappa shape index (κ2) is 6.06. The van der Waals surface area contributed by atoms with E-state index in [1.54, 1.807) is 0 Å². The first kappa shape index (κ1) is 14.4. The third-order valence-corrected chi connectivity index (χ3v) is 4.64. The van der Waals surface area contributed by atoms with Crippen LogP contribution in [0.25, 0.3) is 0 Å². The fourth-order valence-corrected chi connectivity index (χ4v) is 3.42. The van der Waals surface area contributed by atoms with Gasteiger partial charge in [0.15, 0.2) is 0 Å². The molecule has 2 unspecified atom stereocenters. The Morgan fingerprint density at radius 1 is 1.24 bits per heavy atom. The van der Waals surface area contributed by atoms with Crippen LogP contribution in [0.5, 0.6) is 0 Å². The van der Waals surface area contributed by atoms with Crippen molar-refractivity contribution in [2.45, 2.75) is 31.7 Å². The second-order valence-electron chi connectivity index (χ2n) is 5.78. The summed E-state index contributed by atoms with van der Waals surface area (Å²) in [7, 11) is 0. The van der Waals surface area contributed by atoms with Gasteiger partial charge in [-0.05, 0) is 37.0 Å². The Morgan fingerprint density at radius 2 is 2.00 bits per heavy atom. The number of amides is 2. The lowest BCUT2D eigenvalue weighted by Gasteiger charge is -2.30. The third-order valence-electron chi connectivity index (χ3n) is 4.39. The van der Waals surface area contributed by atoms with Gasteiger partial charge in [0, 0.05) is 30.5 Å². The molecule has 2 heterocycles. The van der Waals surface area contributed by atoms with Crippen LogP contribution >= 0.6 is 11.6 Å². The Bertz CT molecular complexity index is 544. The number of carbonyl (C=O) groups is 2. The van der Waals surface area contributed by atoms with Crippen molar-refractivity contribution in [2.75, 3.05) is 13.1 Å². The number of carbonyl (C=O) groups excluding carboxylic acids is 2. The van der Waals surface area contributed by atoms with Crippen molar-refractivity contribution in [3.05, 3.63) is 34.9 Å². The van der Waals surface area contributed by atoms with Crippen LogP contribution in [0.1, 0.15) is 37.3 Å². The van der Waals surface area contributed by atoms with E-state index < -0.39 is 0 Å². The molecular weight excluding hydrogens is 288 g/mol. The standard InChI is InChI=1S/C16H19ClN2O2/c17-13-5-3-11(4-6-13)14-2-1-9-19(14)16(21)12-7-8-18-15(20)10-12/h3-6,12,14H,1-2,7-10H2,(H,18,20). The molecule has 5 heteroatoms. The van der Waals surface area contributed by atoms with E-state index in [1.807, 2.05) is 29.2 Å². The summed E-state index contributed by atoms with van der Waals surface area (Å²) in [4.78, 5) is 26.2. The van der Waals surface area contributed by atoms with Gasteiger partial charge in [0.1, 0.15) is 0 Å². The van der Waals surface area contributed by atoms with Gasteiger partial charge in [0.2, 0.25) is 11.8 Å². The number of likely N-dealkylation sites (tertiary alicyclic amines) is 1. The number of hydrogen-bond donors (Lipinski definition) is 1. The van der Waals surface area contributed by atoms with Crippen LogP contribution in [0.4, 0.5) is 0 Å². The van der Waals surface area contributed by atoms with E-state index in [2.05, 4.69) is 5.32 Å². The minimum atomic E-state index is -0.161. The van der Waals surface area contributed by atoms with Gasteiger partial charge in [-0.3, -0.25) is 9.59 Å². The third kappa shape index (κ3) is 3.05. The lowest BCUT2D eigenvalue weighted by atomic mass is 9.95. The Kier molecular flexibility index (Phi) is 4.15. The molecule has 2 atom stereocenters. The Morgan fingerprint density at radius 3 is 2.71 bits per heavy atom. The molecule has 2 saturated heterocycles. The van der Waals surface area contributed by atoms with E-state index >= 15 is 0 Å². The molecule has 0 radical (unpaired) electrons. The zero-order valence-corrected chi connectivity index (χ0v) is 12.6. The molecule has 0 bridgehead atoms. The van der Waals surface area contributed by atoms with Gasteiger partial charge in [0.05, 0.1) is 6.04 Å². The molecule has 1 aromatic carbocycles. The summed E-state index contributed by atoms with van der Waals surface area (Å²) in [6, 6.07) is 7.84. The summed E-state index contributed by atoms with van der Waals surface area (Å²) in [6.45, 7) is 1.39. The van der Waals surface area contributed by atoms with Crippen molar-refractivity contribution in [3.63, 3.8) is 0 Å². The maximum atomic E-state index is 12.7. The summed E-state index contributed by atoms with van der Waals surface area (Å²) in [6.07, 6.45) is 3.06. The first-order valence-corrected chi connectivity index (χ1v) is 7.85. The van der Waals surface area contributed by atoms with Crippen molar-refractivity contribution in [1.82, 2.24) is 10.2 Å². The Balaban J connectivity index is 1.75. The minimum absolute atomic E-state index is 0.0122. The van der Waals surface area contributed by atoms with Crippen molar-refractivity contribution in [1.29, 1.82) is 0 Å². The van der Waals surface area contributed by atoms with Gasteiger partial charge in [-0.15, -0.1) is 0 Å². The molecule has 2 aliphatic heterocycles. The fraction of sp³-hybridized carbons (Fsp3) is 0.500. The largest absolute Gasteiger partial charge is 0.356 e. The van der Waals surface area contributed by atoms with Crippen LogP contribution < -0.4 is 5.32 Å². The van der Waals surface area contributed by atoms with Crippen molar-refractivity contribution in [2.24, 2.45) is 5.92 Å². The first-order valence-electron chi connectivity index (χ1n) is 7.48. The van der Waals surface area contributed by atoms with Gasteiger partial charge in [-0.25, -0.2) is 0 Å². The quantitative estimate of drug-likeness (QED) is 0.913. The molecule has 1 aromatic rings. The van der Waals surface area contributed by atoms with E-state index in [0.29, 0.717) is 18.0 Å². The smallest absolute Gasteiger partial charge is 0.226 e. The molecule has 2 amide bonds. The first-order chi connectivity index (χ1) is 10.1. The van der Waals surface area contributed by atoms with Crippen LogP contribution in [-0.4, -0.2) is 29.8 Å². The van der Waals surface area contributed by atoms with Crippen LogP contribution in [0.2, 0.25) is 5.02 Å². The van der Waals surface area contributed by atoms with Gasteiger partial charge < -0.3 is 10.2 Å². The average Bonchev–Trinajstić information content (AvgIpc) is 2.96. The highest BCUT2D eigenvalue weighted by Crippen LogP contribution is 2.34. The predicted molar refractivity (Wildman–Crippen MR) is 80.9 cm³/mol. The number of benzene rings is 1. The molecule has 3 rings (SSSR count).